The number of carbonyl (C=O) groups excluding carboxylic acids is 1. The Morgan fingerprint density at radius 2 is 1.70 bits per heavy atom. The van der Waals surface area contributed by atoms with Crippen molar-refractivity contribution in [2.24, 2.45) is 0 Å². The Hall–Kier alpha value is -2.18. The van der Waals surface area contributed by atoms with Gasteiger partial charge >= 0.3 is 0 Å². The lowest BCUT2D eigenvalue weighted by Crippen LogP contribution is -2.42. The summed E-state index contributed by atoms with van der Waals surface area (Å²) in [6.07, 6.45) is 2.40. The van der Waals surface area contributed by atoms with E-state index >= 15 is 0 Å². The van der Waals surface area contributed by atoms with E-state index in [4.69, 9.17) is 0 Å². The van der Waals surface area contributed by atoms with Crippen LogP contribution in [0.5, 0.6) is 0 Å². The molecule has 0 atom stereocenters. The van der Waals surface area contributed by atoms with Crippen LogP contribution in [0.25, 0.3) is 0 Å². The van der Waals surface area contributed by atoms with Gasteiger partial charge in [-0.05, 0) is 37.5 Å². The van der Waals surface area contributed by atoms with Crippen molar-refractivity contribution < 1.29 is 13.2 Å². The second kappa shape index (κ2) is 10.2. The lowest BCUT2D eigenvalue weighted by atomic mass is 10.1. The molecule has 1 amide bonds. The van der Waals surface area contributed by atoms with E-state index in [0.717, 1.165) is 24.0 Å². The molecule has 1 N–H and O–H groups in total. The van der Waals surface area contributed by atoms with Gasteiger partial charge in [0.25, 0.3) is 0 Å². The van der Waals surface area contributed by atoms with E-state index in [2.05, 4.69) is 5.32 Å². The molecule has 2 aromatic rings. The fourth-order valence-electron chi connectivity index (χ4n) is 2.66. The molecule has 0 aliphatic rings. The van der Waals surface area contributed by atoms with Crippen molar-refractivity contribution in [2.75, 3.05) is 19.6 Å². The van der Waals surface area contributed by atoms with Crippen molar-refractivity contribution in [3.05, 3.63) is 65.7 Å². The quantitative estimate of drug-likeness (QED) is 0.636. The molecule has 0 aromatic heterocycles. The highest BCUT2D eigenvalue weighted by Gasteiger charge is 2.26. The standard InChI is InChI=1S/C21H28N2O3S/c1-3-4-15-22-21(24)17-23(16-14-19-8-6-5-7-9-19)27(25,26)20-12-10-18(2)11-13-20/h5-13H,3-4,14-17H2,1-2H3,(H,22,24). The van der Waals surface area contributed by atoms with E-state index in [1.54, 1.807) is 24.3 Å². The summed E-state index contributed by atoms with van der Waals surface area (Å²) in [7, 11) is -3.74. The van der Waals surface area contributed by atoms with Crippen LogP contribution in [0.2, 0.25) is 0 Å². The predicted octanol–water partition coefficient (Wildman–Crippen LogP) is 3.14. The summed E-state index contributed by atoms with van der Waals surface area (Å²) in [5, 5.41) is 2.80. The SMILES string of the molecule is CCCCNC(=O)CN(CCc1ccccc1)S(=O)(=O)c1ccc(C)cc1. The summed E-state index contributed by atoms with van der Waals surface area (Å²) in [6, 6.07) is 16.4. The van der Waals surface area contributed by atoms with Gasteiger partial charge in [0, 0.05) is 13.1 Å². The maximum atomic E-state index is 13.1. The molecule has 2 rings (SSSR count). The van der Waals surface area contributed by atoms with Gasteiger partial charge in [-0.3, -0.25) is 4.79 Å². The maximum absolute atomic E-state index is 13.1. The second-order valence-corrected chi connectivity index (χ2v) is 8.53. The Balaban J connectivity index is 2.16. The zero-order chi connectivity index (χ0) is 19.7. The molecule has 0 heterocycles. The molecule has 0 radical (unpaired) electrons. The molecule has 0 spiro atoms. The highest BCUT2D eigenvalue weighted by Crippen LogP contribution is 2.17. The number of hydrogen-bond donors (Lipinski definition) is 1. The van der Waals surface area contributed by atoms with Crippen LogP contribution in [0.4, 0.5) is 0 Å². The Kier molecular flexibility index (Phi) is 8.00. The zero-order valence-corrected chi connectivity index (χ0v) is 16.8. The molecular formula is C21H28N2O3S. The van der Waals surface area contributed by atoms with E-state index in [1.807, 2.05) is 44.2 Å². The highest BCUT2D eigenvalue weighted by molar-refractivity contribution is 7.89. The summed E-state index contributed by atoms with van der Waals surface area (Å²) in [4.78, 5) is 12.5. The molecule has 0 saturated carbocycles. The molecule has 146 valence electrons. The summed E-state index contributed by atoms with van der Waals surface area (Å²) in [6.45, 7) is 4.59. The number of nitrogens with zero attached hydrogens (tertiary/aromatic N) is 1. The van der Waals surface area contributed by atoms with Crippen LogP contribution in [0, 0.1) is 6.92 Å². The van der Waals surface area contributed by atoms with E-state index < -0.39 is 10.0 Å². The third-order valence-corrected chi connectivity index (χ3v) is 6.18. The minimum Gasteiger partial charge on any atom is -0.355 e. The Bertz CT molecular complexity index is 818. The number of rotatable bonds is 10. The van der Waals surface area contributed by atoms with Crippen molar-refractivity contribution >= 4 is 15.9 Å². The molecule has 27 heavy (non-hydrogen) atoms. The fourth-order valence-corrected chi connectivity index (χ4v) is 4.06. The van der Waals surface area contributed by atoms with Gasteiger partial charge in [-0.15, -0.1) is 0 Å². The number of nitrogens with one attached hydrogen (secondary N) is 1. The second-order valence-electron chi connectivity index (χ2n) is 6.59. The topological polar surface area (TPSA) is 66.5 Å². The highest BCUT2D eigenvalue weighted by atomic mass is 32.2. The number of benzene rings is 2. The predicted molar refractivity (Wildman–Crippen MR) is 108 cm³/mol. The fraction of sp³-hybridized carbons (Fsp3) is 0.381. The number of sulfonamides is 1. The van der Waals surface area contributed by atoms with Crippen molar-refractivity contribution in [1.29, 1.82) is 0 Å². The molecule has 0 bridgehead atoms. The molecule has 0 aliphatic heterocycles. The third-order valence-electron chi connectivity index (χ3n) is 4.32. The maximum Gasteiger partial charge on any atom is 0.243 e. The lowest BCUT2D eigenvalue weighted by molar-refractivity contribution is -0.121. The first kappa shape index (κ1) is 21.1. The Labute approximate surface area is 162 Å². The smallest absolute Gasteiger partial charge is 0.243 e. The minimum atomic E-state index is -3.74. The van der Waals surface area contributed by atoms with Crippen LogP contribution >= 0.6 is 0 Å². The van der Waals surface area contributed by atoms with Crippen molar-refractivity contribution in [3.63, 3.8) is 0 Å². The Morgan fingerprint density at radius 3 is 2.33 bits per heavy atom. The number of amides is 1. The van der Waals surface area contributed by atoms with Gasteiger partial charge in [0.2, 0.25) is 15.9 Å². The third kappa shape index (κ3) is 6.48. The first-order chi connectivity index (χ1) is 12.9. The van der Waals surface area contributed by atoms with Crippen molar-refractivity contribution in [2.45, 2.75) is 38.0 Å². The lowest BCUT2D eigenvalue weighted by Gasteiger charge is -2.22. The van der Waals surface area contributed by atoms with Crippen LogP contribution in [0.15, 0.2) is 59.5 Å². The van der Waals surface area contributed by atoms with Crippen LogP contribution < -0.4 is 5.32 Å². The summed E-state index contributed by atoms with van der Waals surface area (Å²) >= 11 is 0. The van der Waals surface area contributed by atoms with E-state index in [1.165, 1.54) is 4.31 Å². The van der Waals surface area contributed by atoms with Crippen LogP contribution in [0.3, 0.4) is 0 Å². The normalized spacial score (nSPS) is 11.5. The van der Waals surface area contributed by atoms with E-state index in [-0.39, 0.29) is 23.9 Å². The van der Waals surface area contributed by atoms with Crippen molar-refractivity contribution in [1.82, 2.24) is 9.62 Å². The molecule has 0 fully saturated rings. The number of unbranched alkanes of at least 4 members (excludes halogenated alkanes) is 1. The van der Waals surface area contributed by atoms with Gasteiger partial charge in [-0.25, -0.2) is 8.42 Å². The average molecular weight is 389 g/mol. The molecule has 6 heteroatoms. The largest absolute Gasteiger partial charge is 0.355 e. The summed E-state index contributed by atoms with van der Waals surface area (Å²) < 4.78 is 27.4. The van der Waals surface area contributed by atoms with E-state index in [0.29, 0.717) is 13.0 Å². The van der Waals surface area contributed by atoms with Gasteiger partial charge in [-0.1, -0.05) is 61.4 Å². The molecule has 0 aliphatic carbocycles. The minimum absolute atomic E-state index is 0.174. The summed E-state index contributed by atoms with van der Waals surface area (Å²) in [5.74, 6) is -0.271. The summed E-state index contributed by atoms with van der Waals surface area (Å²) in [5.41, 5.74) is 2.02. The average Bonchev–Trinajstić information content (AvgIpc) is 2.66. The van der Waals surface area contributed by atoms with Gasteiger partial charge < -0.3 is 5.32 Å². The number of aryl methyl sites for hydroxylation is 1. The molecular weight excluding hydrogens is 360 g/mol. The number of hydrogen-bond acceptors (Lipinski definition) is 3. The zero-order valence-electron chi connectivity index (χ0n) is 16.0. The van der Waals surface area contributed by atoms with Gasteiger partial charge in [0.1, 0.15) is 0 Å². The molecule has 0 unspecified atom stereocenters. The van der Waals surface area contributed by atoms with Crippen LogP contribution in [-0.2, 0) is 21.2 Å². The monoisotopic (exact) mass is 388 g/mol. The van der Waals surface area contributed by atoms with Crippen LogP contribution in [-0.4, -0.2) is 38.3 Å². The van der Waals surface area contributed by atoms with Crippen LogP contribution in [0.1, 0.15) is 30.9 Å². The van der Waals surface area contributed by atoms with Gasteiger partial charge in [0.15, 0.2) is 0 Å². The first-order valence-corrected chi connectivity index (χ1v) is 10.7. The van der Waals surface area contributed by atoms with Gasteiger partial charge in [0.05, 0.1) is 11.4 Å². The van der Waals surface area contributed by atoms with Gasteiger partial charge in [-0.2, -0.15) is 4.31 Å². The Morgan fingerprint density at radius 1 is 1.04 bits per heavy atom. The molecule has 0 saturated heterocycles. The molecule has 5 nitrogen and oxygen atoms in total. The first-order valence-electron chi connectivity index (χ1n) is 9.31. The molecule has 2 aromatic carbocycles. The van der Waals surface area contributed by atoms with E-state index in [9.17, 15) is 13.2 Å². The van der Waals surface area contributed by atoms with Crippen molar-refractivity contribution in [3.8, 4) is 0 Å². The number of carbonyl (C=O) groups is 1.